The average molecular weight is 1080 g/mol. The summed E-state index contributed by atoms with van der Waals surface area (Å²) in [5.41, 5.74) is 0. The van der Waals surface area contributed by atoms with E-state index in [0.717, 1.165) is 88.2 Å². The van der Waals surface area contributed by atoms with Crippen LogP contribution in [-0.2, 0) is 105 Å². The van der Waals surface area contributed by atoms with Crippen molar-refractivity contribution in [3.05, 3.63) is 0 Å². The molecule has 0 saturated carbocycles. The first kappa shape index (κ1) is 65.8. The lowest BCUT2D eigenvalue weighted by Gasteiger charge is -2.49. The fourth-order valence-corrected chi connectivity index (χ4v) is 8.86. The maximum absolute atomic E-state index is 14.1. The molecule has 0 aromatic heterocycles. The molecule has 0 aromatic rings. The Kier molecular flexibility index (Phi) is 30.2. The van der Waals surface area contributed by atoms with E-state index in [2.05, 4.69) is 12.2 Å². The zero-order chi connectivity index (χ0) is 56.3. The maximum atomic E-state index is 14.1. The number of aliphatic hydroxyl groups excluding tert-OH is 1. The van der Waals surface area contributed by atoms with Crippen LogP contribution in [0.3, 0.4) is 0 Å². The van der Waals surface area contributed by atoms with E-state index >= 15 is 0 Å². The summed E-state index contributed by atoms with van der Waals surface area (Å²) in [7, 11) is 0.928. The highest BCUT2D eigenvalue weighted by Crippen LogP contribution is 2.39. The first-order valence-corrected chi connectivity index (χ1v) is 25.7. The number of aliphatic hydroxyl groups is 1. The minimum absolute atomic E-state index is 0.218. The van der Waals surface area contributed by atoms with Gasteiger partial charge in [-0.2, -0.15) is 0 Å². The van der Waals surface area contributed by atoms with Crippen molar-refractivity contribution in [1.29, 1.82) is 0 Å². The summed E-state index contributed by atoms with van der Waals surface area (Å²) in [6.07, 6.45) is -3.34. The third kappa shape index (κ3) is 24.5. The lowest BCUT2D eigenvalue weighted by molar-refractivity contribution is -0.342. The summed E-state index contributed by atoms with van der Waals surface area (Å²) in [5, 5.41) is 13.5. The van der Waals surface area contributed by atoms with Crippen molar-refractivity contribution in [1.82, 2.24) is 5.32 Å². The van der Waals surface area contributed by atoms with Gasteiger partial charge in [0.25, 0.3) is 5.79 Å². The Labute approximate surface area is 438 Å². The molecule has 24 heteroatoms. The molecule has 2 N–H and O–H groups in total. The minimum atomic E-state index is -2.79. The molecular formula is C51H81NO23. The summed E-state index contributed by atoms with van der Waals surface area (Å²) < 4.78 is 68.2. The topological polar surface area (TPSA) is 314 Å². The van der Waals surface area contributed by atoms with Gasteiger partial charge in [0.2, 0.25) is 5.91 Å². The predicted octanol–water partition coefficient (Wildman–Crippen LogP) is 3.86. The van der Waals surface area contributed by atoms with Crippen LogP contribution in [0.25, 0.3) is 0 Å². The minimum Gasteiger partial charge on any atom is -0.465 e. The number of nitrogens with one attached hydrogen (secondary N) is 1. The van der Waals surface area contributed by atoms with Crippen LogP contribution in [0.1, 0.15) is 165 Å². The molecule has 2 aliphatic rings. The number of carbonyl (C=O) groups excluding carboxylic acids is 10. The Morgan fingerprint density at radius 2 is 1.15 bits per heavy atom. The van der Waals surface area contributed by atoms with Crippen LogP contribution in [0.2, 0.25) is 0 Å². The molecular weight excluding hydrogens is 995 g/mol. The second-order valence-corrected chi connectivity index (χ2v) is 18.7. The molecule has 428 valence electrons. The molecule has 12 atom stereocenters. The zero-order valence-corrected chi connectivity index (χ0v) is 45.2. The number of unbranched alkanes of at least 4 members (excludes halogenated alkanes) is 12. The number of carbonyl (C=O) groups is 10. The van der Waals surface area contributed by atoms with Crippen LogP contribution in [-0.4, -0.2) is 165 Å². The fraction of sp³-hybridized carbons (Fsp3) is 0.804. The number of hydrogen-bond acceptors (Lipinski definition) is 23. The normalized spacial score (nSPS) is 24.5. The quantitative estimate of drug-likeness (QED) is 0.0525. The van der Waals surface area contributed by atoms with Gasteiger partial charge in [0, 0.05) is 68.2 Å². The Morgan fingerprint density at radius 3 is 1.64 bits per heavy atom. The van der Waals surface area contributed by atoms with Gasteiger partial charge in [0.15, 0.2) is 36.8 Å². The van der Waals surface area contributed by atoms with Crippen molar-refractivity contribution in [3.8, 4) is 0 Å². The standard InChI is InChI=1S/C51H81NO23/c1-11-12-13-14-15-16-17-18-19-20-21-22-23-24-38(61)25-39(62)27-66-49-48(73-37(9)60)47(72-36(8)59)45(71-35(7)58)42(74-49)29-67-51(50(63)64-10)26-40(68-32(4)55)43(52-30(2)53)46(75-51)44(70-34(6)57)41(69-33(5)56)28-65-31(3)54/h39-49,62H,11-29H2,1-10H3,(H,52,53)/t39-,40-,41+,42+,43+,44+,45-,46+,47-,48+,49+,51-/m0/s1. The van der Waals surface area contributed by atoms with Crippen molar-refractivity contribution in [3.63, 3.8) is 0 Å². The van der Waals surface area contributed by atoms with Gasteiger partial charge in [-0.15, -0.1) is 0 Å². The summed E-state index contributed by atoms with van der Waals surface area (Å²) in [6, 6.07) is -1.55. The van der Waals surface area contributed by atoms with Crippen molar-refractivity contribution >= 4 is 59.4 Å². The lowest BCUT2D eigenvalue weighted by atomic mass is 9.87. The van der Waals surface area contributed by atoms with Crippen molar-refractivity contribution in [2.45, 2.75) is 238 Å². The molecule has 24 nitrogen and oxygen atoms in total. The van der Waals surface area contributed by atoms with Crippen LogP contribution in [0.4, 0.5) is 0 Å². The summed E-state index contributed by atoms with van der Waals surface area (Å²) >= 11 is 0. The zero-order valence-electron chi connectivity index (χ0n) is 45.2. The van der Waals surface area contributed by atoms with Crippen LogP contribution in [0.5, 0.6) is 0 Å². The Bertz CT molecular complexity index is 1880. The van der Waals surface area contributed by atoms with Gasteiger partial charge in [0.1, 0.15) is 30.7 Å². The van der Waals surface area contributed by atoms with Crippen molar-refractivity contribution in [2.24, 2.45) is 0 Å². The van der Waals surface area contributed by atoms with E-state index in [1.54, 1.807) is 0 Å². The molecule has 0 unspecified atom stereocenters. The third-order valence-electron chi connectivity index (χ3n) is 11.9. The summed E-state index contributed by atoms with van der Waals surface area (Å²) in [5.74, 6) is -11.8. The molecule has 75 heavy (non-hydrogen) atoms. The van der Waals surface area contributed by atoms with E-state index < -0.39 is 153 Å². The fourth-order valence-electron chi connectivity index (χ4n) is 8.86. The molecule has 2 heterocycles. The smallest absolute Gasteiger partial charge is 0.366 e. The number of ether oxygens (including phenoxy) is 12. The molecule has 2 saturated heterocycles. The first-order chi connectivity index (χ1) is 35.4. The van der Waals surface area contributed by atoms with Gasteiger partial charge in [-0.05, 0) is 6.42 Å². The van der Waals surface area contributed by atoms with Crippen molar-refractivity contribution < 1.29 is 110 Å². The van der Waals surface area contributed by atoms with Crippen LogP contribution in [0, 0.1) is 0 Å². The monoisotopic (exact) mass is 1080 g/mol. The highest BCUT2D eigenvalue weighted by atomic mass is 16.8. The van der Waals surface area contributed by atoms with Gasteiger partial charge in [-0.25, -0.2) is 4.79 Å². The number of ketones is 1. The van der Waals surface area contributed by atoms with Gasteiger partial charge >= 0.3 is 47.8 Å². The van der Waals surface area contributed by atoms with E-state index in [0.29, 0.717) is 6.42 Å². The van der Waals surface area contributed by atoms with E-state index in [9.17, 15) is 53.1 Å². The van der Waals surface area contributed by atoms with Crippen LogP contribution < -0.4 is 5.32 Å². The molecule has 2 aliphatic heterocycles. The predicted molar refractivity (Wildman–Crippen MR) is 258 cm³/mol. The molecule has 0 bridgehead atoms. The largest absolute Gasteiger partial charge is 0.465 e. The number of rotatable bonds is 34. The SMILES string of the molecule is CCCCCCCCCCCCCCCC(=O)C[C@H](O)CO[C@@H]1O[C@H](CO[C@@]2(C(=O)OC)C[C@H](OC(C)=O)[C@@H](NC(C)=O)[C@H]([C@H](OC(C)=O)[C@@H](COC(C)=O)OC(C)=O)O2)[C@H](OC(C)=O)[C@H](OC(C)=O)[C@H]1OC(C)=O. The number of Topliss-reactive ketones (excluding diaryl/α,β-unsaturated/α-hetero) is 1. The van der Waals surface area contributed by atoms with E-state index in [1.165, 1.54) is 51.4 Å². The highest BCUT2D eigenvalue weighted by molar-refractivity contribution is 5.79. The third-order valence-corrected chi connectivity index (χ3v) is 11.9. The number of amides is 1. The average Bonchev–Trinajstić information content (AvgIpc) is 3.30. The van der Waals surface area contributed by atoms with Gasteiger partial charge in [-0.1, -0.05) is 84.0 Å². The van der Waals surface area contributed by atoms with Crippen molar-refractivity contribution in [2.75, 3.05) is 26.9 Å². The van der Waals surface area contributed by atoms with Gasteiger partial charge in [0.05, 0.1) is 38.9 Å². The van der Waals surface area contributed by atoms with E-state index in [4.69, 9.17) is 56.8 Å². The molecule has 0 spiro atoms. The lowest BCUT2D eigenvalue weighted by Crippen LogP contribution is -2.70. The summed E-state index contributed by atoms with van der Waals surface area (Å²) in [4.78, 5) is 128. The molecule has 2 rings (SSSR count). The first-order valence-electron chi connectivity index (χ1n) is 25.7. The second-order valence-electron chi connectivity index (χ2n) is 18.7. The Morgan fingerprint density at radius 1 is 0.627 bits per heavy atom. The van der Waals surface area contributed by atoms with E-state index in [-0.39, 0.29) is 18.6 Å². The number of esters is 8. The maximum Gasteiger partial charge on any atom is 0.366 e. The molecule has 2 fully saturated rings. The van der Waals surface area contributed by atoms with E-state index in [1.807, 2.05) is 0 Å². The Balaban J connectivity index is 2.51. The highest BCUT2D eigenvalue weighted by Gasteiger charge is 2.61. The molecule has 0 aliphatic carbocycles. The molecule has 0 radical (unpaired) electrons. The number of hydrogen-bond donors (Lipinski definition) is 2. The Hall–Kier alpha value is -5.30. The summed E-state index contributed by atoms with van der Waals surface area (Å²) in [6.45, 7) is 8.01. The van der Waals surface area contributed by atoms with Gasteiger partial charge in [-0.3, -0.25) is 43.2 Å². The number of methoxy groups -OCH3 is 1. The van der Waals surface area contributed by atoms with Gasteiger partial charge < -0.3 is 67.3 Å². The van der Waals surface area contributed by atoms with Crippen LogP contribution in [0.15, 0.2) is 0 Å². The van der Waals surface area contributed by atoms with Crippen LogP contribution >= 0.6 is 0 Å². The second kappa shape index (κ2) is 34.4. The molecule has 0 aromatic carbocycles. The molecule has 1 amide bonds.